The van der Waals surface area contributed by atoms with Crippen LogP contribution in [0.2, 0.25) is 0 Å². The van der Waals surface area contributed by atoms with Gasteiger partial charge in [-0.3, -0.25) is 4.79 Å². The number of alkyl halides is 1. The fourth-order valence-electron chi connectivity index (χ4n) is 3.03. The maximum Gasteiger partial charge on any atom is 0.319 e. The molecule has 0 aromatic rings. The van der Waals surface area contributed by atoms with Gasteiger partial charge in [-0.05, 0) is 49.9 Å². The van der Waals surface area contributed by atoms with Crippen LogP contribution in [-0.4, -0.2) is 17.9 Å². The summed E-state index contributed by atoms with van der Waals surface area (Å²) in [5.74, 6) is 0.383. The van der Waals surface area contributed by atoms with Crippen LogP contribution < -0.4 is 0 Å². The van der Waals surface area contributed by atoms with Gasteiger partial charge in [0.25, 0.3) is 0 Å². The molecule has 0 aliphatic heterocycles. The third-order valence-corrected chi connectivity index (χ3v) is 5.47. The van der Waals surface area contributed by atoms with Crippen molar-refractivity contribution < 1.29 is 9.53 Å². The van der Waals surface area contributed by atoms with E-state index in [1.54, 1.807) is 0 Å². The Kier molecular flexibility index (Phi) is 3.39. The number of hydrogen-bond donors (Lipinski definition) is 0. The van der Waals surface area contributed by atoms with E-state index in [2.05, 4.69) is 15.9 Å². The molecule has 2 nitrogen and oxygen atoms in total. The largest absolute Gasteiger partial charge is 0.468 e. The van der Waals surface area contributed by atoms with E-state index >= 15 is 0 Å². The van der Waals surface area contributed by atoms with E-state index in [-0.39, 0.29) is 10.8 Å². The standard InChI is InChI=1S/C12H19BrO2/c1-15-11(14)10(13)9-3-7-12(8-4-9)5-2-6-12/h9-10H,2-8H2,1H3. The highest BCUT2D eigenvalue weighted by Crippen LogP contribution is 2.53. The van der Waals surface area contributed by atoms with E-state index in [9.17, 15) is 4.79 Å². The van der Waals surface area contributed by atoms with Gasteiger partial charge in [-0.15, -0.1) is 0 Å². The summed E-state index contributed by atoms with van der Waals surface area (Å²) >= 11 is 3.47. The SMILES string of the molecule is COC(=O)C(Br)C1CCC2(CCC2)CC1. The van der Waals surface area contributed by atoms with E-state index < -0.39 is 0 Å². The molecule has 0 aromatic carbocycles. The summed E-state index contributed by atoms with van der Waals surface area (Å²) in [7, 11) is 1.47. The molecule has 3 heteroatoms. The van der Waals surface area contributed by atoms with E-state index in [1.165, 1.54) is 52.1 Å². The van der Waals surface area contributed by atoms with Gasteiger partial charge >= 0.3 is 5.97 Å². The molecule has 2 fully saturated rings. The molecule has 0 N–H and O–H groups in total. The quantitative estimate of drug-likeness (QED) is 0.571. The summed E-state index contributed by atoms with van der Waals surface area (Å²) in [6.07, 6.45) is 9.26. The first kappa shape index (κ1) is 11.4. The predicted octanol–water partition coefficient (Wildman–Crippen LogP) is 3.28. The highest BCUT2D eigenvalue weighted by atomic mass is 79.9. The molecule has 2 saturated carbocycles. The minimum atomic E-state index is -0.107. The number of halogens is 1. The molecule has 2 aliphatic rings. The molecule has 86 valence electrons. The summed E-state index contributed by atoms with van der Waals surface area (Å²) in [4.78, 5) is 11.3. The lowest BCUT2D eigenvalue weighted by Gasteiger charge is -2.47. The van der Waals surface area contributed by atoms with Crippen LogP contribution in [0.1, 0.15) is 44.9 Å². The number of esters is 1. The van der Waals surface area contributed by atoms with Crippen molar-refractivity contribution in [1.29, 1.82) is 0 Å². The van der Waals surface area contributed by atoms with Crippen molar-refractivity contribution in [2.24, 2.45) is 11.3 Å². The number of carbonyl (C=O) groups excluding carboxylic acids is 1. The molecule has 15 heavy (non-hydrogen) atoms. The third kappa shape index (κ3) is 2.22. The van der Waals surface area contributed by atoms with Crippen molar-refractivity contribution in [1.82, 2.24) is 0 Å². The molecular formula is C12H19BrO2. The smallest absolute Gasteiger partial charge is 0.319 e. The lowest BCUT2D eigenvalue weighted by atomic mass is 9.59. The van der Waals surface area contributed by atoms with Crippen molar-refractivity contribution in [3.05, 3.63) is 0 Å². The monoisotopic (exact) mass is 274 g/mol. The van der Waals surface area contributed by atoms with Gasteiger partial charge in [0.15, 0.2) is 0 Å². The molecular weight excluding hydrogens is 256 g/mol. The number of rotatable bonds is 2. The van der Waals surface area contributed by atoms with Crippen LogP contribution in [0.15, 0.2) is 0 Å². The van der Waals surface area contributed by atoms with Crippen LogP contribution in [0.5, 0.6) is 0 Å². The van der Waals surface area contributed by atoms with E-state index in [1.807, 2.05) is 0 Å². The molecule has 0 aromatic heterocycles. The van der Waals surface area contributed by atoms with Gasteiger partial charge in [0, 0.05) is 0 Å². The minimum Gasteiger partial charge on any atom is -0.468 e. The maximum atomic E-state index is 11.4. The van der Waals surface area contributed by atoms with Gasteiger partial charge in [0.05, 0.1) is 7.11 Å². The molecule has 0 amide bonds. The second-order valence-electron chi connectivity index (χ2n) is 5.12. The summed E-state index contributed by atoms with van der Waals surface area (Å²) in [6, 6.07) is 0. The zero-order valence-electron chi connectivity index (χ0n) is 9.30. The van der Waals surface area contributed by atoms with Crippen molar-refractivity contribution in [2.75, 3.05) is 7.11 Å². The molecule has 0 heterocycles. The Morgan fingerprint density at radius 2 is 1.93 bits per heavy atom. The molecule has 2 rings (SSSR count). The molecule has 1 atom stereocenters. The van der Waals surface area contributed by atoms with Gasteiger partial charge in [-0.1, -0.05) is 22.4 Å². The predicted molar refractivity (Wildman–Crippen MR) is 63.0 cm³/mol. The summed E-state index contributed by atoms with van der Waals surface area (Å²) in [6.45, 7) is 0. The lowest BCUT2D eigenvalue weighted by Crippen LogP contribution is -2.37. The van der Waals surface area contributed by atoms with Crippen LogP contribution in [0, 0.1) is 11.3 Å². The Morgan fingerprint density at radius 1 is 1.33 bits per heavy atom. The second-order valence-corrected chi connectivity index (χ2v) is 6.10. The van der Waals surface area contributed by atoms with Gasteiger partial charge in [-0.25, -0.2) is 0 Å². The molecule has 1 spiro atoms. The zero-order chi connectivity index (χ0) is 10.9. The molecule has 1 unspecified atom stereocenters. The molecule has 0 saturated heterocycles. The highest BCUT2D eigenvalue weighted by Gasteiger charge is 2.42. The molecule has 2 aliphatic carbocycles. The van der Waals surface area contributed by atoms with E-state index in [0.717, 1.165) is 0 Å². The van der Waals surface area contributed by atoms with Crippen molar-refractivity contribution >= 4 is 21.9 Å². The van der Waals surface area contributed by atoms with Gasteiger partial charge in [-0.2, -0.15) is 0 Å². The summed E-state index contributed by atoms with van der Waals surface area (Å²) < 4.78 is 4.77. The number of carbonyl (C=O) groups is 1. The third-order valence-electron chi connectivity index (χ3n) is 4.35. The fourth-order valence-corrected chi connectivity index (χ4v) is 3.74. The first-order valence-corrected chi connectivity index (χ1v) is 6.80. The topological polar surface area (TPSA) is 26.3 Å². The first-order chi connectivity index (χ1) is 7.17. The maximum absolute atomic E-state index is 11.4. The zero-order valence-corrected chi connectivity index (χ0v) is 10.9. The van der Waals surface area contributed by atoms with Crippen LogP contribution in [0.4, 0.5) is 0 Å². The number of ether oxygens (including phenoxy) is 1. The van der Waals surface area contributed by atoms with Gasteiger partial charge in [0.1, 0.15) is 4.83 Å². The minimum absolute atomic E-state index is 0.0834. The van der Waals surface area contributed by atoms with Crippen molar-refractivity contribution in [3.63, 3.8) is 0 Å². The fraction of sp³-hybridized carbons (Fsp3) is 0.917. The number of methoxy groups -OCH3 is 1. The lowest BCUT2D eigenvalue weighted by molar-refractivity contribution is -0.141. The van der Waals surface area contributed by atoms with Crippen LogP contribution in [0.3, 0.4) is 0 Å². The molecule has 0 radical (unpaired) electrons. The Balaban J connectivity index is 1.84. The first-order valence-electron chi connectivity index (χ1n) is 5.89. The Labute approximate surface area is 99.9 Å². The van der Waals surface area contributed by atoms with Crippen molar-refractivity contribution in [2.45, 2.75) is 49.8 Å². The van der Waals surface area contributed by atoms with Crippen molar-refractivity contribution in [3.8, 4) is 0 Å². The van der Waals surface area contributed by atoms with Crippen LogP contribution >= 0.6 is 15.9 Å². The average molecular weight is 275 g/mol. The summed E-state index contributed by atoms with van der Waals surface area (Å²) in [5.41, 5.74) is 0.680. The average Bonchev–Trinajstić information content (AvgIpc) is 2.25. The normalized spacial score (nSPS) is 27.1. The Bertz CT molecular complexity index is 238. The molecule has 0 bridgehead atoms. The highest BCUT2D eigenvalue weighted by molar-refractivity contribution is 9.10. The summed E-state index contributed by atoms with van der Waals surface area (Å²) in [5, 5.41) is 0. The van der Waals surface area contributed by atoms with Gasteiger partial charge < -0.3 is 4.74 Å². The van der Waals surface area contributed by atoms with Crippen LogP contribution in [0.25, 0.3) is 0 Å². The second kappa shape index (κ2) is 4.44. The Hall–Kier alpha value is -0.0500. The van der Waals surface area contributed by atoms with E-state index in [4.69, 9.17) is 4.74 Å². The Morgan fingerprint density at radius 3 is 2.33 bits per heavy atom. The van der Waals surface area contributed by atoms with Gasteiger partial charge in [0.2, 0.25) is 0 Å². The van der Waals surface area contributed by atoms with Crippen LogP contribution in [-0.2, 0) is 9.53 Å². The van der Waals surface area contributed by atoms with E-state index in [0.29, 0.717) is 11.3 Å². The number of hydrogen-bond acceptors (Lipinski definition) is 2.